The van der Waals surface area contributed by atoms with Gasteiger partial charge in [0.25, 0.3) is 0 Å². The summed E-state index contributed by atoms with van der Waals surface area (Å²) in [6.45, 7) is 3.61. The molecule has 68 valence electrons. The number of rotatable bonds is 4. The highest BCUT2D eigenvalue weighted by molar-refractivity contribution is 4.97. The van der Waals surface area contributed by atoms with Crippen LogP contribution in [0.2, 0.25) is 0 Å². The van der Waals surface area contributed by atoms with E-state index in [1.165, 1.54) is 12.8 Å². The second-order valence-electron chi connectivity index (χ2n) is 3.50. The summed E-state index contributed by atoms with van der Waals surface area (Å²) < 4.78 is 0. The molecule has 0 radical (unpaired) electrons. The summed E-state index contributed by atoms with van der Waals surface area (Å²) in [6.07, 6.45) is 11.5. The molecule has 1 nitrogen and oxygen atoms in total. The zero-order valence-corrected chi connectivity index (χ0v) is 7.58. The summed E-state index contributed by atoms with van der Waals surface area (Å²) >= 11 is 0. The lowest BCUT2D eigenvalue weighted by atomic mass is 10.00. The molecule has 0 amide bonds. The van der Waals surface area contributed by atoms with E-state index in [-0.39, 0.29) is 6.10 Å². The van der Waals surface area contributed by atoms with E-state index in [1.807, 2.05) is 6.08 Å². The topological polar surface area (TPSA) is 20.2 Å². The maximum absolute atomic E-state index is 9.50. The van der Waals surface area contributed by atoms with Gasteiger partial charge in [0.15, 0.2) is 0 Å². The third-order valence-corrected chi connectivity index (χ3v) is 2.60. The number of hydrogen-bond acceptors (Lipinski definition) is 1. The Hall–Kier alpha value is -0.560. The number of aliphatic hydroxyl groups excluding tert-OH is 1. The van der Waals surface area contributed by atoms with Crippen molar-refractivity contribution < 1.29 is 5.11 Å². The first kappa shape index (κ1) is 9.53. The Kier molecular flexibility index (Phi) is 4.09. The molecule has 1 N–H and O–H groups in total. The van der Waals surface area contributed by atoms with Crippen molar-refractivity contribution in [1.82, 2.24) is 0 Å². The van der Waals surface area contributed by atoms with Crippen molar-refractivity contribution >= 4 is 0 Å². The first-order valence-electron chi connectivity index (χ1n) is 4.80. The zero-order valence-electron chi connectivity index (χ0n) is 7.58. The van der Waals surface area contributed by atoms with Crippen molar-refractivity contribution in [1.29, 1.82) is 0 Å². The van der Waals surface area contributed by atoms with Crippen LogP contribution in [0, 0.1) is 5.92 Å². The highest BCUT2D eigenvalue weighted by atomic mass is 16.3. The van der Waals surface area contributed by atoms with Crippen LogP contribution >= 0.6 is 0 Å². The van der Waals surface area contributed by atoms with Gasteiger partial charge in [0.05, 0.1) is 6.10 Å². The maximum Gasteiger partial charge on any atom is 0.0568 e. The quantitative estimate of drug-likeness (QED) is 0.637. The van der Waals surface area contributed by atoms with Crippen LogP contribution in [0.25, 0.3) is 0 Å². The molecule has 1 aliphatic rings. The van der Waals surface area contributed by atoms with Gasteiger partial charge in [-0.3, -0.25) is 0 Å². The van der Waals surface area contributed by atoms with Crippen LogP contribution in [0.3, 0.4) is 0 Å². The minimum Gasteiger partial charge on any atom is -0.393 e. The summed E-state index contributed by atoms with van der Waals surface area (Å²) in [4.78, 5) is 0. The Balaban J connectivity index is 2.13. The summed E-state index contributed by atoms with van der Waals surface area (Å²) in [5, 5.41) is 9.50. The van der Waals surface area contributed by atoms with Crippen LogP contribution in [-0.2, 0) is 0 Å². The standard InChI is InChI=1S/C11H18O/c1-2-3-4-5-7-10-8-6-9-11(10)12/h2-4,10-12H,1,5-9H2/b4-3+. The molecule has 12 heavy (non-hydrogen) atoms. The first-order chi connectivity index (χ1) is 5.84. The van der Waals surface area contributed by atoms with Gasteiger partial charge in [0.1, 0.15) is 0 Å². The van der Waals surface area contributed by atoms with Gasteiger partial charge < -0.3 is 5.11 Å². The Morgan fingerprint density at radius 1 is 1.42 bits per heavy atom. The monoisotopic (exact) mass is 166 g/mol. The smallest absolute Gasteiger partial charge is 0.0568 e. The lowest BCUT2D eigenvalue weighted by molar-refractivity contribution is 0.128. The van der Waals surface area contributed by atoms with E-state index in [1.54, 1.807) is 6.08 Å². The van der Waals surface area contributed by atoms with E-state index in [0.717, 1.165) is 19.3 Å². The summed E-state index contributed by atoms with van der Waals surface area (Å²) in [7, 11) is 0. The van der Waals surface area contributed by atoms with E-state index in [2.05, 4.69) is 12.7 Å². The molecule has 0 aliphatic heterocycles. The van der Waals surface area contributed by atoms with Gasteiger partial charge in [0.2, 0.25) is 0 Å². The predicted molar refractivity (Wildman–Crippen MR) is 51.9 cm³/mol. The van der Waals surface area contributed by atoms with E-state index < -0.39 is 0 Å². The SMILES string of the molecule is C=C/C=C/CCC1CCCC1O. The minimum absolute atomic E-state index is 0.0258. The Bertz CT molecular complexity index is 160. The molecule has 1 heteroatoms. The van der Waals surface area contributed by atoms with Gasteiger partial charge in [-0.2, -0.15) is 0 Å². The van der Waals surface area contributed by atoms with Crippen LogP contribution in [0.5, 0.6) is 0 Å². The van der Waals surface area contributed by atoms with E-state index in [4.69, 9.17) is 0 Å². The van der Waals surface area contributed by atoms with Crippen LogP contribution < -0.4 is 0 Å². The zero-order chi connectivity index (χ0) is 8.81. The molecular formula is C11H18O. The second-order valence-corrected chi connectivity index (χ2v) is 3.50. The van der Waals surface area contributed by atoms with Crippen molar-refractivity contribution in [3.05, 3.63) is 24.8 Å². The molecule has 0 heterocycles. The van der Waals surface area contributed by atoms with Crippen LogP contribution in [-0.4, -0.2) is 11.2 Å². The van der Waals surface area contributed by atoms with Gasteiger partial charge in [-0.1, -0.05) is 31.2 Å². The minimum atomic E-state index is -0.0258. The normalized spacial score (nSPS) is 29.8. The van der Waals surface area contributed by atoms with Crippen LogP contribution in [0.15, 0.2) is 24.8 Å². The van der Waals surface area contributed by atoms with Crippen molar-refractivity contribution in [3.63, 3.8) is 0 Å². The van der Waals surface area contributed by atoms with Gasteiger partial charge in [-0.15, -0.1) is 0 Å². The first-order valence-corrected chi connectivity index (χ1v) is 4.80. The lowest BCUT2D eigenvalue weighted by Gasteiger charge is -2.11. The molecule has 0 spiro atoms. The largest absolute Gasteiger partial charge is 0.393 e. The molecule has 0 aromatic heterocycles. The fourth-order valence-corrected chi connectivity index (χ4v) is 1.86. The van der Waals surface area contributed by atoms with Crippen molar-refractivity contribution in [2.24, 2.45) is 5.92 Å². The van der Waals surface area contributed by atoms with E-state index >= 15 is 0 Å². The molecule has 1 fully saturated rings. The molecule has 1 rings (SSSR count). The highest BCUT2D eigenvalue weighted by Gasteiger charge is 2.23. The fraction of sp³-hybridized carbons (Fsp3) is 0.636. The van der Waals surface area contributed by atoms with Crippen LogP contribution in [0.1, 0.15) is 32.1 Å². The average molecular weight is 166 g/mol. The lowest BCUT2D eigenvalue weighted by Crippen LogP contribution is -2.12. The molecule has 2 unspecified atom stereocenters. The number of allylic oxidation sites excluding steroid dienone is 3. The fourth-order valence-electron chi connectivity index (χ4n) is 1.86. The third kappa shape index (κ3) is 2.82. The number of aliphatic hydroxyl groups is 1. The van der Waals surface area contributed by atoms with Gasteiger partial charge in [0, 0.05) is 0 Å². The molecular weight excluding hydrogens is 148 g/mol. The number of hydrogen-bond donors (Lipinski definition) is 1. The van der Waals surface area contributed by atoms with E-state index in [9.17, 15) is 5.11 Å². The van der Waals surface area contributed by atoms with E-state index in [0.29, 0.717) is 5.92 Å². The molecule has 1 aliphatic carbocycles. The summed E-state index contributed by atoms with van der Waals surface area (Å²) in [6, 6.07) is 0. The third-order valence-electron chi connectivity index (χ3n) is 2.60. The summed E-state index contributed by atoms with van der Waals surface area (Å²) in [5.41, 5.74) is 0. The van der Waals surface area contributed by atoms with Crippen LogP contribution in [0.4, 0.5) is 0 Å². The molecule has 0 saturated heterocycles. The molecule has 2 atom stereocenters. The molecule has 0 aromatic rings. The average Bonchev–Trinajstić information content (AvgIpc) is 2.46. The Labute approximate surface area is 74.8 Å². The molecule has 0 bridgehead atoms. The second kappa shape index (κ2) is 5.15. The summed E-state index contributed by atoms with van der Waals surface area (Å²) in [5.74, 6) is 0.555. The highest BCUT2D eigenvalue weighted by Crippen LogP contribution is 2.29. The maximum atomic E-state index is 9.50. The van der Waals surface area contributed by atoms with Gasteiger partial charge in [-0.05, 0) is 31.6 Å². The Morgan fingerprint density at radius 3 is 2.83 bits per heavy atom. The predicted octanol–water partition coefficient (Wildman–Crippen LogP) is 2.67. The molecule has 1 saturated carbocycles. The van der Waals surface area contributed by atoms with Gasteiger partial charge >= 0.3 is 0 Å². The van der Waals surface area contributed by atoms with Crippen molar-refractivity contribution in [2.45, 2.75) is 38.2 Å². The Morgan fingerprint density at radius 2 is 2.25 bits per heavy atom. The van der Waals surface area contributed by atoms with Gasteiger partial charge in [-0.25, -0.2) is 0 Å². The van der Waals surface area contributed by atoms with Crippen molar-refractivity contribution in [2.75, 3.05) is 0 Å². The molecule has 0 aromatic carbocycles. The van der Waals surface area contributed by atoms with Crippen molar-refractivity contribution in [3.8, 4) is 0 Å².